The maximum Gasteiger partial charge on any atom is 0.168 e. The van der Waals surface area contributed by atoms with Crippen molar-refractivity contribution in [1.29, 1.82) is 0 Å². The van der Waals surface area contributed by atoms with Crippen LogP contribution in [0.5, 0.6) is 0 Å². The van der Waals surface area contributed by atoms with Crippen molar-refractivity contribution < 1.29 is 4.79 Å². The monoisotopic (exact) mass is 309 g/mol. The number of hydrogen-bond acceptors (Lipinski definition) is 2. The fourth-order valence-electron chi connectivity index (χ4n) is 3.11. The van der Waals surface area contributed by atoms with Crippen LogP contribution in [0.2, 0.25) is 24.7 Å². The van der Waals surface area contributed by atoms with Crippen molar-refractivity contribution in [2.75, 3.05) is 19.0 Å². The number of ketones is 1. The first-order valence-electron chi connectivity index (χ1n) is 7.25. The van der Waals surface area contributed by atoms with Gasteiger partial charge in [0, 0.05) is 31.3 Å². The summed E-state index contributed by atoms with van der Waals surface area (Å²) >= 11 is 6.46. The molecule has 0 heterocycles. The lowest BCUT2D eigenvalue weighted by molar-refractivity contribution is 0.0934. The number of hydrogen-bond donors (Lipinski definition) is 0. The van der Waals surface area contributed by atoms with E-state index >= 15 is 0 Å². The van der Waals surface area contributed by atoms with E-state index in [9.17, 15) is 4.79 Å². The zero-order valence-corrected chi connectivity index (χ0v) is 15.1. The molecule has 0 aliphatic heterocycles. The first kappa shape index (κ1) is 15.6. The van der Waals surface area contributed by atoms with Crippen LogP contribution >= 0.6 is 11.6 Å². The van der Waals surface area contributed by atoms with E-state index in [1.54, 1.807) is 0 Å². The SMILES string of the molecule is CCC1Cc2c(c(Cl)cc([Si](C)(C)C)c2N(C)C)C1=O. The van der Waals surface area contributed by atoms with Crippen LogP contribution in [0.15, 0.2) is 6.07 Å². The molecule has 1 atom stereocenters. The van der Waals surface area contributed by atoms with Crippen LogP contribution in [-0.2, 0) is 6.42 Å². The highest BCUT2D eigenvalue weighted by atomic mass is 35.5. The second-order valence-corrected chi connectivity index (χ2v) is 12.4. The third-order valence-corrected chi connectivity index (χ3v) is 6.46. The van der Waals surface area contributed by atoms with E-state index in [0.29, 0.717) is 5.02 Å². The van der Waals surface area contributed by atoms with E-state index in [0.717, 1.165) is 18.4 Å². The van der Waals surface area contributed by atoms with Crippen LogP contribution < -0.4 is 10.1 Å². The molecule has 1 aliphatic carbocycles. The second kappa shape index (κ2) is 5.19. The Morgan fingerprint density at radius 2 is 1.95 bits per heavy atom. The molecule has 0 saturated carbocycles. The fraction of sp³-hybridized carbons (Fsp3) is 0.562. The van der Waals surface area contributed by atoms with Gasteiger partial charge < -0.3 is 4.90 Å². The van der Waals surface area contributed by atoms with Gasteiger partial charge in [-0.2, -0.15) is 0 Å². The van der Waals surface area contributed by atoms with Gasteiger partial charge in [0.05, 0.1) is 13.1 Å². The average Bonchev–Trinajstić information content (AvgIpc) is 2.65. The van der Waals surface area contributed by atoms with Crippen molar-refractivity contribution in [1.82, 2.24) is 0 Å². The summed E-state index contributed by atoms with van der Waals surface area (Å²) in [7, 11) is 2.63. The number of carbonyl (C=O) groups excluding carboxylic acids is 1. The molecule has 0 saturated heterocycles. The standard InChI is InChI=1S/C16H24ClNOSi/c1-7-10-8-11-14(16(10)19)12(17)9-13(20(4,5)6)15(11)18(2)3/h9-10H,7-8H2,1-6H3. The first-order chi connectivity index (χ1) is 9.18. The number of rotatable bonds is 3. The van der Waals surface area contributed by atoms with Crippen molar-refractivity contribution >= 4 is 36.3 Å². The largest absolute Gasteiger partial charge is 0.378 e. The maximum atomic E-state index is 12.5. The molecule has 2 rings (SSSR count). The Labute approximate surface area is 128 Å². The topological polar surface area (TPSA) is 20.3 Å². The van der Waals surface area contributed by atoms with Gasteiger partial charge in [0.2, 0.25) is 0 Å². The molecule has 110 valence electrons. The molecule has 4 heteroatoms. The highest BCUT2D eigenvalue weighted by Gasteiger charge is 2.36. The Morgan fingerprint density at radius 1 is 1.35 bits per heavy atom. The minimum atomic E-state index is -1.51. The van der Waals surface area contributed by atoms with Gasteiger partial charge in [0.1, 0.15) is 0 Å². The van der Waals surface area contributed by atoms with E-state index in [1.165, 1.54) is 16.4 Å². The van der Waals surface area contributed by atoms with Gasteiger partial charge in [0.15, 0.2) is 5.78 Å². The summed E-state index contributed by atoms with van der Waals surface area (Å²) < 4.78 is 0. The van der Waals surface area contributed by atoms with Crippen LogP contribution in [-0.4, -0.2) is 28.0 Å². The minimum Gasteiger partial charge on any atom is -0.378 e. The molecule has 0 amide bonds. The van der Waals surface area contributed by atoms with Gasteiger partial charge >= 0.3 is 0 Å². The number of anilines is 1. The van der Waals surface area contributed by atoms with E-state index in [2.05, 4.69) is 51.6 Å². The molecule has 0 fully saturated rings. The Balaban J connectivity index is 2.75. The zero-order chi connectivity index (χ0) is 15.2. The lowest BCUT2D eigenvalue weighted by atomic mass is 10.0. The lowest BCUT2D eigenvalue weighted by Crippen LogP contribution is -2.41. The number of Topliss-reactive ketones (excluding diaryl/α,β-unsaturated/α-hetero) is 1. The number of nitrogens with zero attached hydrogens (tertiary/aromatic N) is 1. The van der Waals surface area contributed by atoms with Gasteiger partial charge in [-0.3, -0.25) is 4.79 Å². The summed E-state index contributed by atoms with van der Waals surface area (Å²) in [4.78, 5) is 14.7. The Bertz CT molecular complexity index is 561. The molecule has 2 nitrogen and oxygen atoms in total. The molecule has 0 spiro atoms. The van der Waals surface area contributed by atoms with Gasteiger partial charge in [0.25, 0.3) is 0 Å². The summed E-state index contributed by atoms with van der Waals surface area (Å²) in [5, 5.41) is 2.01. The van der Waals surface area contributed by atoms with Gasteiger partial charge in [-0.1, -0.05) is 38.2 Å². The summed E-state index contributed by atoms with van der Waals surface area (Å²) in [5.74, 6) is 0.343. The summed E-state index contributed by atoms with van der Waals surface area (Å²) in [5.41, 5.74) is 3.20. The fourth-order valence-corrected chi connectivity index (χ4v) is 5.18. The van der Waals surface area contributed by atoms with Gasteiger partial charge in [-0.15, -0.1) is 0 Å². The normalized spacial score (nSPS) is 18.4. The van der Waals surface area contributed by atoms with Crippen LogP contribution in [0.25, 0.3) is 0 Å². The summed E-state index contributed by atoms with van der Waals surface area (Å²) in [6, 6.07) is 2.05. The molecule has 20 heavy (non-hydrogen) atoms. The molecule has 0 N–H and O–H groups in total. The van der Waals surface area contributed by atoms with E-state index < -0.39 is 8.07 Å². The van der Waals surface area contributed by atoms with E-state index in [1.807, 2.05) is 0 Å². The van der Waals surface area contributed by atoms with Crippen LogP contribution in [0.1, 0.15) is 29.3 Å². The molecule has 0 aromatic heterocycles. The number of halogens is 1. The highest BCUT2D eigenvalue weighted by molar-refractivity contribution is 6.90. The third kappa shape index (κ3) is 2.42. The van der Waals surface area contributed by atoms with Crippen LogP contribution in [0, 0.1) is 5.92 Å². The quantitative estimate of drug-likeness (QED) is 0.793. The molecule has 0 radical (unpaired) electrons. The lowest BCUT2D eigenvalue weighted by Gasteiger charge is -2.28. The molecule has 1 aromatic carbocycles. The molecular formula is C16H24ClNOSi. The van der Waals surface area contributed by atoms with Gasteiger partial charge in [-0.05, 0) is 29.7 Å². The summed E-state index contributed by atoms with van der Waals surface area (Å²) in [6.45, 7) is 9.06. The zero-order valence-electron chi connectivity index (χ0n) is 13.3. The average molecular weight is 310 g/mol. The molecular weight excluding hydrogens is 286 g/mol. The molecule has 0 bridgehead atoms. The summed E-state index contributed by atoms with van der Waals surface area (Å²) in [6.07, 6.45) is 1.73. The van der Waals surface area contributed by atoms with Gasteiger partial charge in [-0.25, -0.2) is 0 Å². The van der Waals surface area contributed by atoms with Crippen molar-refractivity contribution in [3.63, 3.8) is 0 Å². The van der Waals surface area contributed by atoms with Crippen molar-refractivity contribution in [2.24, 2.45) is 5.92 Å². The molecule has 1 aromatic rings. The number of carbonyl (C=O) groups is 1. The van der Waals surface area contributed by atoms with Crippen molar-refractivity contribution in [3.8, 4) is 0 Å². The number of benzene rings is 1. The molecule has 1 unspecified atom stereocenters. The van der Waals surface area contributed by atoms with Crippen molar-refractivity contribution in [2.45, 2.75) is 39.4 Å². The predicted molar refractivity (Wildman–Crippen MR) is 90.6 cm³/mol. The first-order valence-corrected chi connectivity index (χ1v) is 11.1. The maximum absolute atomic E-state index is 12.5. The van der Waals surface area contributed by atoms with Crippen LogP contribution in [0.4, 0.5) is 5.69 Å². The smallest absolute Gasteiger partial charge is 0.168 e. The Kier molecular flexibility index (Phi) is 4.04. The third-order valence-electron chi connectivity index (χ3n) is 4.17. The van der Waals surface area contributed by atoms with Crippen molar-refractivity contribution in [3.05, 3.63) is 22.2 Å². The minimum absolute atomic E-state index is 0.109. The van der Waals surface area contributed by atoms with E-state index in [4.69, 9.17) is 11.6 Å². The number of fused-ring (bicyclic) bond motifs is 1. The Morgan fingerprint density at radius 3 is 2.40 bits per heavy atom. The highest BCUT2D eigenvalue weighted by Crippen LogP contribution is 2.39. The van der Waals surface area contributed by atoms with Crippen LogP contribution in [0.3, 0.4) is 0 Å². The molecule has 1 aliphatic rings. The Hall–Kier alpha value is -0.803. The second-order valence-electron chi connectivity index (χ2n) is 6.93. The predicted octanol–water partition coefficient (Wildman–Crippen LogP) is 3.72. The van der Waals surface area contributed by atoms with E-state index in [-0.39, 0.29) is 11.7 Å².